The van der Waals surface area contributed by atoms with E-state index in [0.29, 0.717) is 0 Å². The smallest absolute Gasteiger partial charge is 0.219 e. The maximum Gasteiger partial charge on any atom is 0.219 e. The van der Waals surface area contributed by atoms with Crippen LogP contribution in [-0.2, 0) is 4.74 Å². The van der Waals surface area contributed by atoms with E-state index in [9.17, 15) is 5.11 Å². The maximum atomic E-state index is 9.25. The van der Waals surface area contributed by atoms with E-state index in [1.807, 2.05) is 0 Å². The minimum absolute atomic E-state index is 0.527. The first-order valence-electron chi connectivity index (χ1n) is 7.01. The van der Waals surface area contributed by atoms with Crippen LogP contribution in [0.2, 0.25) is 0 Å². The lowest BCUT2D eigenvalue weighted by atomic mass is 10.0. The zero-order chi connectivity index (χ0) is 19.1. The molecule has 0 radical (unpaired) electrons. The third-order valence-electron chi connectivity index (χ3n) is 3.44. The highest BCUT2D eigenvalue weighted by Crippen LogP contribution is 2.28. The summed E-state index contributed by atoms with van der Waals surface area (Å²) in [7, 11) is 0. The molecule has 1 aliphatic heterocycles. The van der Waals surface area contributed by atoms with Gasteiger partial charge in [0.1, 0.15) is 42.7 Å². The molecule has 0 aliphatic carbocycles. The average Bonchev–Trinajstić information content (AvgIpc) is 2.83. The Bertz CT molecular complexity index is 327. The molecule has 0 aromatic rings. The molecule has 0 spiro atoms. The fourth-order valence-corrected chi connectivity index (χ4v) is 1.82. The molecule has 0 aromatic heterocycles. The fraction of sp³-hybridized carbons (Fsp3) is 1.00. The molecule has 0 amide bonds. The topological polar surface area (TPSA) is 232 Å². The average molecular weight is 362 g/mol. The predicted octanol–water partition coefficient (Wildman–Crippen LogP) is -6.81. The Morgan fingerprint density at radius 1 is 0.833 bits per heavy atom. The highest BCUT2D eigenvalue weighted by atomic mass is 16.7. The minimum atomic E-state index is -2.16. The predicted molar refractivity (Wildman–Crippen MR) is 74.2 cm³/mol. The Balaban J connectivity index is 0.000000441. The molecule has 12 heteroatoms. The number of hydrogen-bond acceptors (Lipinski definition) is 12. The summed E-state index contributed by atoms with van der Waals surface area (Å²) >= 11 is 0. The molecular weight excluding hydrogens is 336 g/mol. The highest BCUT2D eigenvalue weighted by molar-refractivity contribution is 4.94. The van der Waals surface area contributed by atoms with Gasteiger partial charge in [0.05, 0.1) is 26.4 Å². The Hall–Kier alpha value is -0.480. The van der Waals surface area contributed by atoms with Crippen LogP contribution in [-0.4, -0.2) is 131 Å². The summed E-state index contributed by atoms with van der Waals surface area (Å²) in [5.74, 6) is -2.16. The van der Waals surface area contributed by atoms with Crippen LogP contribution in [0.25, 0.3) is 0 Å². The highest BCUT2D eigenvalue weighted by Gasteiger charge is 2.52. The van der Waals surface area contributed by atoms with Crippen molar-refractivity contribution in [2.45, 2.75) is 48.5 Å². The second-order valence-corrected chi connectivity index (χ2v) is 5.26. The quantitative estimate of drug-likeness (QED) is 0.203. The molecule has 12 nitrogen and oxygen atoms in total. The van der Waals surface area contributed by atoms with Crippen molar-refractivity contribution >= 4 is 0 Å². The van der Waals surface area contributed by atoms with Gasteiger partial charge in [-0.2, -0.15) is 0 Å². The maximum absolute atomic E-state index is 9.25. The van der Waals surface area contributed by atoms with Gasteiger partial charge >= 0.3 is 0 Å². The Morgan fingerprint density at radius 2 is 1.25 bits per heavy atom. The molecule has 146 valence electrons. The largest absolute Gasteiger partial charge is 0.394 e. The van der Waals surface area contributed by atoms with Crippen molar-refractivity contribution in [2.75, 3.05) is 26.4 Å². The van der Waals surface area contributed by atoms with Gasteiger partial charge in [-0.25, -0.2) is 0 Å². The summed E-state index contributed by atoms with van der Waals surface area (Å²) in [4.78, 5) is 0. The second kappa shape index (κ2) is 10.5. The summed E-state index contributed by atoms with van der Waals surface area (Å²) < 4.78 is 4.63. The SMILES string of the molecule is OC[C@@H](O)[C@@H](O)[C@H](O)[C@@H](O)CO.OC[C@H]1O[C@](O)(CO)[C@@H](O)[C@@H]1O. The summed E-state index contributed by atoms with van der Waals surface area (Å²) in [6, 6.07) is 0. The molecule has 1 heterocycles. The molecular formula is C12H26O12. The van der Waals surface area contributed by atoms with Crippen molar-refractivity contribution < 1.29 is 60.9 Å². The fourth-order valence-electron chi connectivity index (χ4n) is 1.82. The first kappa shape index (κ1) is 23.5. The van der Waals surface area contributed by atoms with Crippen molar-refractivity contribution in [1.29, 1.82) is 0 Å². The van der Waals surface area contributed by atoms with Crippen LogP contribution in [0.5, 0.6) is 0 Å². The Kier molecular flexibility index (Phi) is 10.3. The molecule has 1 rings (SSSR count). The van der Waals surface area contributed by atoms with E-state index in [1.165, 1.54) is 0 Å². The zero-order valence-corrected chi connectivity index (χ0v) is 12.7. The van der Waals surface area contributed by atoms with Crippen LogP contribution in [0.15, 0.2) is 0 Å². The lowest BCUT2D eigenvalue weighted by Crippen LogP contribution is -2.46. The zero-order valence-electron chi connectivity index (χ0n) is 12.7. The molecule has 8 atom stereocenters. The van der Waals surface area contributed by atoms with Crippen LogP contribution < -0.4 is 0 Å². The molecule has 0 saturated carbocycles. The third kappa shape index (κ3) is 5.80. The number of hydrogen-bond donors (Lipinski definition) is 11. The molecule has 0 unspecified atom stereocenters. The van der Waals surface area contributed by atoms with Crippen molar-refractivity contribution in [3.8, 4) is 0 Å². The van der Waals surface area contributed by atoms with Crippen LogP contribution in [0.3, 0.4) is 0 Å². The molecule has 1 fully saturated rings. The molecule has 1 aliphatic rings. The normalized spacial score (nSPS) is 34.9. The Labute approximate surface area is 137 Å². The van der Waals surface area contributed by atoms with Crippen molar-refractivity contribution in [2.24, 2.45) is 0 Å². The van der Waals surface area contributed by atoms with E-state index in [2.05, 4.69) is 4.74 Å². The van der Waals surface area contributed by atoms with Crippen molar-refractivity contribution in [3.63, 3.8) is 0 Å². The third-order valence-corrected chi connectivity index (χ3v) is 3.44. The van der Waals surface area contributed by atoms with Crippen LogP contribution in [0, 0.1) is 0 Å². The van der Waals surface area contributed by atoms with Crippen LogP contribution in [0.4, 0.5) is 0 Å². The van der Waals surface area contributed by atoms with Gasteiger partial charge < -0.3 is 60.9 Å². The van der Waals surface area contributed by atoms with Gasteiger partial charge in [0.25, 0.3) is 0 Å². The van der Waals surface area contributed by atoms with E-state index in [0.717, 1.165) is 0 Å². The van der Waals surface area contributed by atoms with Gasteiger partial charge in [-0.15, -0.1) is 0 Å². The van der Waals surface area contributed by atoms with Crippen molar-refractivity contribution in [3.05, 3.63) is 0 Å². The standard InChI is InChI=1S/C6H12O6.C6H14O6/c7-1-3-4(9)5(10)6(11,2-8)12-3;7-1-3(9)5(11)6(12)4(10)2-8/h3-5,7-11H,1-2H2;3-12H,1-2H2/t3-,4-,5+,6-;3-,4+,5-,6-/m11/s1. The van der Waals surface area contributed by atoms with Crippen LogP contribution >= 0.6 is 0 Å². The number of ether oxygens (including phenoxy) is 1. The number of rotatable bonds is 7. The van der Waals surface area contributed by atoms with Gasteiger partial charge in [0, 0.05) is 0 Å². The van der Waals surface area contributed by atoms with Crippen LogP contribution in [0.1, 0.15) is 0 Å². The molecule has 0 aromatic carbocycles. The lowest BCUT2D eigenvalue weighted by molar-refractivity contribution is -0.248. The van der Waals surface area contributed by atoms with E-state index in [1.54, 1.807) is 0 Å². The van der Waals surface area contributed by atoms with Crippen molar-refractivity contribution in [1.82, 2.24) is 0 Å². The van der Waals surface area contributed by atoms with Gasteiger partial charge in [-0.1, -0.05) is 0 Å². The summed E-state index contributed by atoms with van der Waals surface area (Å²) in [6.45, 7) is -2.81. The van der Waals surface area contributed by atoms with E-state index in [4.69, 9.17) is 51.1 Å². The van der Waals surface area contributed by atoms with E-state index in [-0.39, 0.29) is 0 Å². The number of aliphatic hydroxyl groups is 11. The molecule has 24 heavy (non-hydrogen) atoms. The molecule has 11 N–H and O–H groups in total. The van der Waals surface area contributed by atoms with E-state index < -0.39 is 74.9 Å². The summed E-state index contributed by atoms with van der Waals surface area (Å²) in [5, 5.41) is 96.9. The molecule has 1 saturated heterocycles. The monoisotopic (exact) mass is 362 g/mol. The first-order chi connectivity index (χ1) is 11.1. The lowest BCUT2D eigenvalue weighted by Gasteiger charge is -2.24. The van der Waals surface area contributed by atoms with Gasteiger partial charge in [0.15, 0.2) is 0 Å². The number of aliphatic hydroxyl groups excluding tert-OH is 10. The molecule has 0 bridgehead atoms. The van der Waals surface area contributed by atoms with E-state index >= 15 is 0 Å². The van der Waals surface area contributed by atoms with Gasteiger partial charge in [0.2, 0.25) is 5.79 Å². The van der Waals surface area contributed by atoms with Gasteiger partial charge in [-0.05, 0) is 0 Å². The summed E-state index contributed by atoms with van der Waals surface area (Å²) in [5.41, 5.74) is 0. The van der Waals surface area contributed by atoms with Gasteiger partial charge in [-0.3, -0.25) is 0 Å². The summed E-state index contributed by atoms with van der Waals surface area (Å²) in [6.07, 6.45) is -10.4. The first-order valence-corrected chi connectivity index (χ1v) is 7.01. The Morgan fingerprint density at radius 3 is 1.46 bits per heavy atom. The minimum Gasteiger partial charge on any atom is -0.394 e. The second-order valence-electron chi connectivity index (χ2n) is 5.26.